The van der Waals surface area contributed by atoms with Crippen LogP contribution in [-0.2, 0) is 16.1 Å². The van der Waals surface area contributed by atoms with Crippen molar-refractivity contribution in [1.82, 2.24) is 24.4 Å². The number of carbonyl (C=O) groups excluding carboxylic acids is 1. The summed E-state index contributed by atoms with van der Waals surface area (Å²) >= 11 is 0. The molecule has 0 unspecified atom stereocenters. The Morgan fingerprint density at radius 2 is 2.05 bits per heavy atom. The molecule has 10 heteroatoms. The Labute approximate surface area is 219 Å². The molecule has 2 aliphatic heterocycles. The summed E-state index contributed by atoms with van der Waals surface area (Å²) in [5.41, 5.74) is 12.5. The molecular weight excluding hydrogens is 480 g/mol. The first kappa shape index (κ1) is 23.6. The second-order valence-corrected chi connectivity index (χ2v) is 9.63. The molecule has 0 aromatic carbocycles. The molecule has 0 saturated carbocycles. The second-order valence-electron chi connectivity index (χ2n) is 9.63. The van der Waals surface area contributed by atoms with Gasteiger partial charge in [-0.2, -0.15) is 15.5 Å². The van der Waals surface area contributed by atoms with Crippen molar-refractivity contribution in [3.05, 3.63) is 78.7 Å². The van der Waals surface area contributed by atoms with Gasteiger partial charge in [0.1, 0.15) is 6.07 Å². The minimum absolute atomic E-state index is 0.193. The summed E-state index contributed by atoms with van der Waals surface area (Å²) in [6.07, 6.45) is 12.2. The third kappa shape index (κ3) is 4.33. The summed E-state index contributed by atoms with van der Waals surface area (Å²) in [5, 5.41) is 18.8. The normalized spacial score (nSPS) is 15.7. The molecule has 0 atom stereocenters. The highest BCUT2D eigenvalue weighted by molar-refractivity contribution is 6.17. The summed E-state index contributed by atoms with van der Waals surface area (Å²) in [4.78, 5) is 17.9. The number of ether oxygens (including phenoxy) is 1. The lowest BCUT2D eigenvalue weighted by atomic mass is 9.95. The number of carbonyl (C=O) groups is 1. The number of rotatable bonds is 7. The number of hydrogen-bond acceptors (Lipinski definition) is 7. The van der Waals surface area contributed by atoms with E-state index in [0.717, 1.165) is 66.2 Å². The Kier molecular flexibility index (Phi) is 5.98. The fourth-order valence-electron chi connectivity index (χ4n) is 4.90. The molecule has 1 saturated heterocycles. The fraction of sp³-hybridized carbons (Fsp3) is 0.250. The predicted molar refractivity (Wildman–Crippen MR) is 143 cm³/mol. The quantitative estimate of drug-likeness (QED) is 0.382. The van der Waals surface area contributed by atoms with Gasteiger partial charge in [-0.25, -0.2) is 4.52 Å². The van der Waals surface area contributed by atoms with Gasteiger partial charge in [-0.15, -0.1) is 0 Å². The standard InChI is InChI=1S/C28H26N8O2/c1-18(28(30)37)26-3-2-24(12-31-26)34-6-4-20(5-7-34)25-8-21(15-36-27(25)22(9-29)10-33-36)23-11-32-35(14-23)13-19-16-38-17-19/h2-4,8,10-12,14-15,19H,1,5-7,13,16-17H2,(H2,30,37). The highest BCUT2D eigenvalue weighted by atomic mass is 16.5. The van der Waals surface area contributed by atoms with E-state index in [1.807, 2.05) is 23.1 Å². The molecule has 2 aliphatic rings. The van der Waals surface area contributed by atoms with E-state index in [4.69, 9.17) is 10.5 Å². The van der Waals surface area contributed by atoms with Crippen LogP contribution in [0.4, 0.5) is 5.69 Å². The highest BCUT2D eigenvalue weighted by Crippen LogP contribution is 2.33. The molecule has 0 spiro atoms. The van der Waals surface area contributed by atoms with Gasteiger partial charge in [0.05, 0.1) is 59.8 Å². The minimum Gasteiger partial charge on any atom is -0.381 e. The van der Waals surface area contributed by atoms with Crippen LogP contribution in [0, 0.1) is 17.2 Å². The van der Waals surface area contributed by atoms with Crippen molar-refractivity contribution in [1.29, 1.82) is 5.26 Å². The first-order chi connectivity index (χ1) is 18.5. The Balaban J connectivity index is 1.29. The van der Waals surface area contributed by atoms with E-state index >= 15 is 0 Å². The van der Waals surface area contributed by atoms with Crippen molar-refractivity contribution >= 4 is 28.3 Å². The average Bonchev–Trinajstić information content (AvgIpc) is 3.57. The molecule has 0 radical (unpaired) electrons. The van der Waals surface area contributed by atoms with Crippen LogP contribution >= 0.6 is 0 Å². The van der Waals surface area contributed by atoms with E-state index in [9.17, 15) is 10.1 Å². The number of nitrogens with two attached hydrogens (primary N) is 1. The molecule has 6 rings (SSSR count). The molecule has 1 amide bonds. The number of pyridine rings is 2. The van der Waals surface area contributed by atoms with E-state index in [1.165, 1.54) is 0 Å². The lowest BCUT2D eigenvalue weighted by Crippen LogP contribution is -2.31. The van der Waals surface area contributed by atoms with Crippen LogP contribution in [0.25, 0.3) is 27.8 Å². The Morgan fingerprint density at radius 3 is 2.71 bits per heavy atom. The molecule has 38 heavy (non-hydrogen) atoms. The third-order valence-corrected chi connectivity index (χ3v) is 7.13. The molecular formula is C28H26N8O2. The Hall–Kier alpha value is -4.75. The van der Waals surface area contributed by atoms with Gasteiger partial charge in [-0.3, -0.25) is 14.5 Å². The van der Waals surface area contributed by atoms with Gasteiger partial charge < -0.3 is 15.4 Å². The topological polar surface area (TPSA) is 127 Å². The van der Waals surface area contributed by atoms with Gasteiger partial charge in [-0.1, -0.05) is 12.7 Å². The first-order valence-corrected chi connectivity index (χ1v) is 12.4. The van der Waals surface area contributed by atoms with Crippen molar-refractivity contribution in [2.24, 2.45) is 11.7 Å². The lowest BCUT2D eigenvalue weighted by molar-refractivity contribution is -0.112. The first-order valence-electron chi connectivity index (χ1n) is 12.4. The third-order valence-electron chi connectivity index (χ3n) is 7.13. The van der Waals surface area contributed by atoms with E-state index in [2.05, 4.69) is 51.1 Å². The molecule has 190 valence electrons. The number of aromatic nitrogens is 5. The summed E-state index contributed by atoms with van der Waals surface area (Å²) < 4.78 is 9.05. The van der Waals surface area contributed by atoms with Gasteiger partial charge in [0.15, 0.2) is 0 Å². The van der Waals surface area contributed by atoms with Crippen LogP contribution in [0.15, 0.2) is 61.8 Å². The van der Waals surface area contributed by atoms with Gasteiger partial charge in [0, 0.05) is 54.6 Å². The van der Waals surface area contributed by atoms with Gasteiger partial charge in [-0.05, 0) is 30.2 Å². The molecule has 4 aromatic heterocycles. The lowest BCUT2D eigenvalue weighted by Gasteiger charge is -2.28. The van der Waals surface area contributed by atoms with Crippen LogP contribution < -0.4 is 10.6 Å². The monoisotopic (exact) mass is 506 g/mol. The Bertz CT molecular complexity index is 1620. The van der Waals surface area contributed by atoms with Crippen molar-refractivity contribution < 1.29 is 9.53 Å². The number of nitriles is 1. The molecule has 0 bridgehead atoms. The maximum absolute atomic E-state index is 11.4. The van der Waals surface area contributed by atoms with E-state index in [1.54, 1.807) is 23.0 Å². The Morgan fingerprint density at radius 1 is 1.18 bits per heavy atom. The van der Waals surface area contributed by atoms with E-state index in [0.29, 0.717) is 23.7 Å². The van der Waals surface area contributed by atoms with Gasteiger partial charge in [0.25, 0.3) is 0 Å². The number of nitrogens with zero attached hydrogens (tertiary/aromatic N) is 7. The molecule has 2 N–H and O–H groups in total. The molecule has 1 fully saturated rings. The zero-order chi connectivity index (χ0) is 26.2. The van der Waals surface area contributed by atoms with Crippen LogP contribution in [0.5, 0.6) is 0 Å². The molecule has 4 aromatic rings. The number of primary amides is 1. The van der Waals surface area contributed by atoms with Crippen molar-refractivity contribution in [3.8, 4) is 17.2 Å². The molecule has 6 heterocycles. The minimum atomic E-state index is -0.582. The van der Waals surface area contributed by atoms with E-state index < -0.39 is 5.91 Å². The van der Waals surface area contributed by atoms with Crippen molar-refractivity contribution in [3.63, 3.8) is 0 Å². The summed E-state index contributed by atoms with van der Waals surface area (Å²) in [5.74, 6) is -0.0740. The zero-order valence-corrected chi connectivity index (χ0v) is 20.7. The highest BCUT2D eigenvalue weighted by Gasteiger charge is 2.21. The van der Waals surface area contributed by atoms with Crippen LogP contribution in [-0.4, -0.2) is 56.6 Å². The predicted octanol–water partition coefficient (Wildman–Crippen LogP) is 2.90. The number of fused-ring (bicyclic) bond motifs is 1. The average molecular weight is 507 g/mol. The maximum atomic E-state index is 11.4. The maximum Gasteiger partial charge on any atom is 0.250 e. The van der Waals surface area contributed by atoms with Crippen LogP contribution in [0.2, 0.25) is 0 Å². The number of amides is 1. The summed E-state index contributed by atoms with van der Waals surface area (Å²) in [7, 11) is 0. The van der Waals surface area contributed by atoms with Crippen molar-refractivity contribution in [2.45, 2.75) is 13.0 Å². The summed E-state index contributed by atoms with van der Waals surface area (Å²) in [6, 6.07) is 8.11. The van der Waals surface area contributed by atoms with Gasteiger partial charge >= 0.3 is 0 Å². The van der Waals surface area contributed by atoms with Crippen molar-refractivity contribution in [2.75, 3.05) is 31.2 Å². The van der Waals surface area contributed by atoms with Crippen LogP contribution in [0.1, 0.15) is 23.2 Å². The largest absolute Gasteiger partial charge is 0.381 e. The second kappa shape index (κ2) is 9.61. The van der Waals surface area contributed by atoms with Gasteiger partial charge in [0.2, 0.25) is 5.91 Å². The SMILES string of the molecule is C=C(C(N)=O)c1ccc(N2CC=C(c3cc(-c4cnn(CC5COC5)c4)cn4ncc(C#N)c34)CC2)cn1. The van der Waals surface area contributed by atoms with Crippen LogP contribution in [0.3, 0.4) is 0 Å². The summed E-state index contributed by atoms with van der Waals surface area (Å²) in [6.45, 7) is 7.55. The number of anilines is 1. The fourth-order valence-corrected chi connectivity index (χ4v) is 4.90. The number of hydrogen-bond donors (Lipinski definition) is 1. The molecule has 0 aliphatic carbocycles. The molecule has 10 nitrogen and oxygen atoms in total. The van der Waals surface area contributed by atoms with E-state index in [-0.39, 0.29) is 5.57 Å². The smallest absolute Gasteiger partial charge is 0.250 e. The zero-order valence-electron chi connectivity index (χ0n) is 20.7.